The molecule has 2 N–H and O–H groups in total. The van der Waals surface area contributed by atoms with Crippen LogP contribution in [0.15, 0.2) is 23.1 Å². The van der Waals surface area contributed by atoms with Gasteiger partial charge in [0, 0.05) is 38.4 Å². The predicted molar refractivity (Wildman–Crippen MR) is 124 cm³/mol. The second kappa shape index (κ2) is 10.9. The molecule has 0 bridgehead atoms. The van der Waals surface area contributed by atoms with Gasteiger partial charge in [-0.2, -0.15) is 0 Å². The summed E-state index contributed by atoms with van der Waals surface area (Å²) in [5.74, 6) is -1.87. The van der Waals surface area contributed by atoms with Crippen LogP contribution in [0.4, 0.5) is 8.78 Å². The van der Waals surface area contributed by atoms with E-state index < -0.39 is 63.8 Å². The number of carbonyl (C=O) groups is 2. The van der Waals surface area contributed by atoms with Crippen molar-refractivity contribution in [2.75, 3.05) is 20.3 Å². The maximum Gasteiger partial charge on any atom is 0.274 e. The number of nitrogens with zero attached hydrogens (tertiary/aromatic N) is 2. The number of benzene rings is 1. The van der Waals surface area contributed by atoms with Gasteiger partial charge in [-0.3, -0.25) is 14.4 Å². The van der Waals surface area contributed by atoms with Crippen LogP contribution in [-0.4, -0.2) is 52.7 Å². The molecule has 0 aliphatic carbocycles. The van der Waals surface area contributed by atoms with Crippen molar-refractivity contribution in [1.82, 2.24) is 14.8 Å². The molecule has 1 aliphatic rings. The van der Waals surface area contributed by atoms with Crippen molar-refractivity contribution in [1.29, 1.82) is 0 Å². The first-order valence-electron chi connectivity index (χ1n) is 10.8. The van der Waals surface area contributed by atoms with E-state index in [1.165, 1.54) is 22.8 Å². The van der Waals surface area contributed by atoms with E-state index in [0.29, 0.717) is 19.4 Å². The Hall–Kier alpha value is -3.42. The third-order valence-corrected chi connectivity index (χ3v) is 6.28. The maximum atomic E-state index is 14.2. The number of ether oxygens (including phenoxy) is 1. The summed E-state index contributed by atoms with van der Waals surface area (Å²) in [6.45, 7) is 1.82. The van der Waals surface area contributed by atoms with Crippen molar-refractivity contribution in [3.8, 4) is 18.1 Å². The number of pyridine rings is 1. The largest absolute Gasteiger partial charge is 0.503 e. The Morgan fingerprint density at radius 3 is 2.71 bits per heavy atom. The zero-order valence-electron chi connectivity index (χ0n) is 19.1. The van der Waals surface area contributed by atoms with E-state index >= 15 is 0 Å². The molecule has 35 heavy (non-hydrogen) atoms. The molecular weight excluding hydrogens is 484 g/mol. The lowest BCUT2D eigenvalue weighted by molar-refractivity contribution is 0.0399. The smallest absolute Gasteiger partial charge is 0.274 e. The number of carbonyl (C=O) groups excluding carboxylic acids is 2. The van der Waals surface area contributed by atoms with Crippen LogP contribution in [0.1, 0.15) is 52.2 Å². The fraction of sp³-hybridized carbons (Fsp3) is 0.375. The Morgan fingerprint density at radius 2 is 2.06 bits per heavy atom. The topological polar surface area (TPSA) is 101 Å². The first-order chi connectivity index (χ1) is 16.6. The molecule has 0 saturated carbocycles. The van der Waals surface area contributed by atoms with E-state index in [1.807, 2.05) is 0 Å². The average molecular weight is 508 g/mol. The van der Waals surface area contributed by atoms with Gasteiger partial charge < -0.3 is 24.6 Å². The van der Waals surface area contributed by atoms with Gasteiger partial charge in [0.25, 0.3) is 11.8 Å². The average Bonchev–Trinajstić information content (AvgIpc) is 2.83. The van der Waals surface area contributed by atoms with Crippen LogP contribution >= 0.6 is 11.6 Å². The standard InChI is InChI=1S/C24H24ClF2N3O5/c1-4-5-6-9-29-13(2)17(12-35-3)30-11-15(21(31)22(32)20(30)24(29)34)23(33)28-10-14-7-8-16(26)18(25)19(14)27/h1,7-8,11,13,17,32H,5-6,9-10,12H2,2-3H3,(H,28,33)/t13-,17-/m0/s1. The zero-order valence-corrected chi connectivity index (χ0v) is 19.9. The molecule has 11 heteroatoms. The Labute approximate surface area is 205 Å². The molecule has 2 heterocycles. The van der Waals surface area contributed by atoms with Gasteiger partial charge >= 0.3 is 0 Å². The van der Waals surface area contributed by atoms with Gasteiger partial charge in [-0.1, -0.05) is 17.7 Å². The number of hydrogen-bond acceptors (Lipinski definition) is 5. The molecule has 186 valence electrons. The highest BCUT2D eigenvalue weighted by Gasteiger charge is 2.40. The lowest BCUT2D eigenvalue weighted by Gasteiger charge is -2.41. The maximum absolute atomic E-state index is 14.2. The zero-order chi connectivity index (χ0) is 25.9. The molecule has 1 aliphatic heterocycles. The quantitative estimate of drug-likeness (QED) is 0.325. The Morgan fingerprint density at radius 1 is 1.34 bits per heavy atom. The van der Waals surface area contributed by atoms with Crippen molar-refractivity contribution in [3.63, 3.8) is 0 Å². The van der Waals surface area contributed by atoms with Crippen molar-refractivity contribution in [3.05, 3.63) is 62.0 Å². The van der Waals surface area contributed by atoms with Crippen molar-refractivity contribution in [2.45, 2.75) is 38.4 Å². The van der Waals surface area contributed by atoms with Crippen LogP contribution in [-0.2, 0) is 11.3 Å². The number of nitrogens with one attached hydrogen (secondary N) is 1. The molecule has 2 aromatic rings. The number of hydrogen-bond donors (Lipinski definition) is 2. The van der Waals surface area contributed by atoms with Gasteiger partial charge in [-0.25, -0.2) is 8.78 Å². The van der Waals surface area contributed by atoms with Crippen molar-refractivity contribution >= 4 is 23.4 Å². The van der Waals surface area contributed by atoms with Crippen molar-refractivity contribution < 1.29 is 28.2 Å². The Kier molecular flexibility index (Phi) is 8.14. The van der Waals surface area contributed by atoms with E-state index in [-0.39, 0.29) is 17.9 Å². The second-order valence-corrected chi connectivity index (χ2v) is 8.44. The number of halogens is 3. The molecule has 1 aromatic heterocycles. The molecule has 0 unspecified atom stereocenters. The van der Waals surface area contributed by atoms with Gasteiger partial charge in [-0.15, -0.1) is 12.3 Å². The monoisotopic (exact) mass is 507 g/mol. The lowest BCUT2D eigenvalue weighted by atomic mass is 10.0. The Bertz CT molecular complexity index is 1260. The molecule has 0 saturated heterocycles. The SMILES string of the molecule is C#CCCCN1C(=O)c2c(O)c(=O)c(C(=O)NCc3ccc(F)c(Cl)c3F)cn2[C@@H](COC)[C@@H]1C. The van der Waals surface area contributed by atoms with Crippen LogP contribution in [0.2, 0.25) is 5.02 Å². The summed E-state index contributed by atoms with van der Waals surface area (Å²) in [6.07, 6.45) is 7.45. The molecule has 0 radical (unpaired) electrons. The normalized spacial score (nSPS) is 17.1. The number of unbranched alkanes of at least 4 members (excludes halogenated alkanes) is 1. The first-order valence-corrected chi connectivity index (χ1v) is 11.1. The summed E-state index contributed by atoms with van der Waals surface area (Å²) < 4.78 is 34.2. The van der Waals surface area contributed by atoms with E-state index in [2.05, 4.69) is 11.2 Å². The van der Waals surface area contributed by atoms with E-state index in [4.69, 9.17) is 22.8 Å². The number of aromatic hydroxyl groups is 1. The number of fused-ring (bicyclic) bond motifs is 1. The second-order valence-electron chi connectivity index (χ2n) is 8.06. The van der Waals surface area contributed by atoms with E-state index in [9.17, 15) is 28.3 Å². The van der Waals surface area contributed by atoms with Crippen molar-refractivity contribution in [2.24, 2.45) is 0 Å². The van der Waals surface area contributed by atoms with Gasteiger partial charge in [0.1, 0.15) is 22.2 Å². The van der Waals surface area contributed by atoms with Crippen LogP contribution < -0.4 is 10.7 Å². The minimum absolute atomic E-state index is 0.101. The third kappa shape index (κ3) is 5.01. The van der Waals surface area contributed by atoms with Gasteiger partial charge in [0.05, 0.1) is 18.7 Å². The van der Waals surface area contributed by atoms with Crippen LogP contribution in [0.25, 0.3) is 0 Å². The predicted octanol–water partition coefficient (Wildman–Crippen LogP) is 2.86. The molecule has 8 nitrogen and oxygen atoms in total. The summed E-state index contributed by atoms with van der Waals surface area (Å²) in [5, 5.41) is 12.3. The number of amides is 2. The highest BCUT2D eigenvalue weighted by Crippen LogP contribution is 2.31. The summed E-state index contributed by atoms with van der Waals surface area (Å²) >= 11 is 5.56. The minimum atomic E-state index is -1.06. The molecule has 2 amide bonds. The van der Waals surface area contributed by atoms with E-state index in [1.54, 1.807) is 6.92 Å². The molecule has 0 spiro atoms. The fourth-order valence-corrected chi connectivity index (χ4v) is 4.22. The van der Waals surface area contributed by atoms with E-state index in [0.717, 1.165) is 12.1 Å². The summed E-state index contributed by atoms with van der Waals surface area (Å²) in [4.78, 5) is 40.3. The lowest BCUT2D eigenvalue weighted by Crippen LogP contribution is -2.52. The fourth-order valence-electron chi connectivity index (χ4n) is 4.04. The van der Waals surface area contributed by atoms with Crippen LogP contribution in [0.5, 0.6) is 5.75 Å². The molecule has 2 atom stereocenters. The Balaban J connectivity index is 1.97. The number of methoxy groups -OCH3 is 1. The summed E-state index contributed by atoms with van der Waals surface area (Å²) in [5.41, 5.74) is -1.88. The molecular formula is C24H24ClF2N3O5. The molecule has 1 aromatic carbocycles. The summed E-state index contributed by atoms with van der Waals surface area (Å²) in [7, 11) is 1.46. The number of terminal acetylenes is 1. The number of aromatic nitrogens is 1. The summed E-state index contributed by atoms with van der Waals surface area (Å²) in [6, 6.07) is 1.13. The van der Waals surface area contributed by atoms with Gasteiger partial charge in [0.15, 0.2) is 11.4 Å². The first kappa shape index (κ1) is 26.2. The molecule has 0 fully saturated rings. The minimum Gasteiger partial charge on any atom is -0.503 e. The highest BCUT2D eigenvalue weighted by atomic mass is 35.5. The third-order valence-electron chi connectivity index (χ3n) is 5.94. The number of rotatable bonds is 8. The van der Waals surface area contributed by atoms with Crippen LogP contribution in [0, 0.1) is 24.0 Å². The highest BCUT2D eigenvalue weighted by molar-refractivity contribution is 6.30. The van der Waals surface area contributed by atoms with Crippen LogP contribution in [0.3, 0.4) is 0 Å². The van der Waals surface area contributed by atoms with Gasteiger partial charge in [0.2, 0.25) is 5.43 Å². The molecule has 3 rings (SSSR count). The van der Waals surface area contributed by atoms with Gasteiger partial charge in [-0.05, 0) is 19.4 Å².